The topological polar surface area (TPSA) is 86.3 Å². The van der Waals surface area contributed by atoms with E-state index in [1.165, 1.54) is 6.07 Å². The molecule has 0 saturated carbocycles. The van der Waals surface area contributed by atoms with Crippen LogP contribution >= 0.6 is 0 Å². The van der Waals surface area contributed by atoms with Gasteiger partial charge < -0.3 is 0 Å². The van der Waals surface area contributed by atoms with Crippen molar-refractivity contribution < 1.29 is 9.85 Å². The second kappa shape index (κ2) is 4.40. The van der Waals surface area contributed by atoms with Crippen LogP contribution in [0.15, 0.2) is 30.3 Å². The van der Waals surface area contributed by atoms with Gasteiger partial charge in [0.2, 0.25) is 0 Å². The molecule has 18 heavy (non-hydrogen) atoms. The average Bonchev–Trinajstić information content (AvgIpc) is 2.35. The van der Waals surface area contributed by atoms with Crippen molar-refractivity contribution in [3.05, 3.63) is 56.1 Å². The van der Waals surface area contributed by atoms with Crippen molar-refractivity contribution in [2.45, 2.75) is 13.3 Å². The van der Waals surface area contributed by atoms with Gasteiger partial charge in [-0.2, -0.15) is 0 Å². The van der Waals surface area contributed by atoms with Crippen molar-refractivity contribution in [1.29, 1.82) is 0 Å². The summed E-state index contributed by atoms with van der Waals surface area (Å²) in [5.41, 5.74) is -0.443. The second-order valence-corrected chi connectivity index (χ2v) is 3.81. The van der Waals surface area contributed by atoms with Crippen LogP contribution in [0.2, 0.25) is 0 Å². The largest absolute Gasteiger partial charge is 0.349 e. The number of benzene rings is 2. The molecule has 0 unspecified atom stereocenters. The molecule has 0 atom stereocenters. The lowest BCUT2D eigenvalue weighted by atomic mass is 9.99. The highest BCUT2D eigenvalue weighted by molar-refractivity contribution is 5.92. The van der Waals surface area contributed by atoms with E-state index in [2.05, 4.69) is 0 Å². The summed E-state index contributed by atoms with van der Waals surface area (Å²) in [6, 6.07) is 8.22. The van der Waals surface area contributed by atoms with Crippen LogP contribution in [0.1, 0.15) is 12.5 Å². The summed E-state index contributed by atoms with van der Waals surface area (Å²) >= 11 is 0. The minimum absolute atomic E-state index is 0.374. The Bertz CT molecular complexity index is 652. The van der Waals surface area contributed by atoms with Gasteiger partial charge in [-0.1, -0.05) is 31.2 Å². The van der Waals surface area contributed by atoms with Crippen LogP contribution < -0.4 is 0 Å². The Labute approximate surface area is 102 Å². The lowest BCUT2D eigenvalue weighted by molar-refractivity contribution is -0.422. The zero-order valence-corrected chi connectivity index (χ0v) is 9.62. The van der Waals surface area contributed by atoms with E-state index in [0.717, 1.165) is 0 Å². The Morgan fingerprint density at radius 2 is 1.78 bits per heavy atom. The van der Waals surface area contributed by atoms with E-state index < -0.39 is 21.2 Å². The first-order valence-corrected chi connectivity index (χ1v) is 5.39. The van der Waals surface area contributed by atoms with Crippen LogP contribution in [0.4, 0.5) is 11.4 Å². The summed E-state index contributed by atoms with van der Waals surface area (Å²) in [6.45, 7) is 1.75. The van der Waals surface area contributed by atoms with Crippen LogP contribution in [0.5, 0.6) is 0 Å². The minimum atomic E-state index is -0.705. The SMILES string of the molecule is CCc1c([N+](=O)[O-])c([N+](=O)[O-])cc2ccccc12. The van der Waals surface area contributed by atoms with Gasteiger partial charge in [-0.25, -0.2) is 0 Å². The van der Waals surface area contributed by atoms with Crippen LogP contribution in [-0.4, -0.2) is 9.85 Å². The predicted octanol–water partition coefficient (Wildman–Crippen LogP) is 3.22. The Balaban J connectivity index is 2.96. The maximum atomic E-state index is 11.1. The summed E-state index contributed by atoms with van der Waals surface area (Å²) in [6.07, 6.45) is 0.374. The summed E-state index contributed by atoms with van der Waals surface area (Å²) < 4.78 is 0. The molecule has 0 N–H and O–H groups in total. The van der Waals surface area contributed by atoms with E-state index in [-0.39, 0.29) is 0 Å². The fourth-order valence-corrected chi connectivity index (χ4v) is 2.10. The molecule has 0 saturated heterocycles. The van der Waals surface area contributed by atoms with Crippen molar-refractivity contribution in [1.82, 2.24) is 0 Å². The highest BCUT2D eigenvalue weighted by Gasteiger charge is 2.29. The van der Waals surface area contributed by atoms with Gasteiger partial charge in [0.15, 0.2) is 0 Å². The van der Waals surface area contributed by atoms with E-state index >= 15 is 0 Å². The van der Waals surface area contributed by atoms with Gasteiger partial charge in [0.05, 0.1) is 9.85 Å². The van der Waals surface area contributed by atoms with E-state index in [1.807, 2.05) is 0 Å². The Kier molecular flexibility index (Phi) is 2.93. The number of aryl methyl sites for hydroxylation is 1. The number of nitrogens with zero attached hydrogens (tertiary/aromatic N) is 2. The summed E-state index contributed by atoms with van der Waals surface area (Å²) in [5.74, 6) is 0. The molecule has 6 heteroatoms. The number of hydrogen-bond acceptors (Lipinski definition) is 4. The van der Waals surface area contributed by atoms with Gasteiger partial charge in [0.25, 0.3) is 0 Å². The van der Waals surface area contributed by atoms with E-state index in [9.17, 15) is 20.2 Å². The van der Waals surface area contributed by atoms with Crippen molar-refractivity contribution in [2.75, 3.05) is 0 Å². The monoisotopic (exact) mass is 246 g/mol. The van der Waals surface area contributed by atoms with Crippen molar-refractivity contribution >= 4 is 22.1 Å². The molecule has 0 aromatic heterocycles. The van der Waals surface area contributed by atoms with Gasteiger partial charge in [0, 0.05) is 11.6 Å². The number of nitro benzene ring substituents is 2. The predicted molar refractivity (Wildman–Crippen MR) is 66.6 cm³/mol. The quantitative estimate of drug-likeness (QED) is 0.614. The van der Waals surface area contributed by atoms with E-state index in [0.29, 0.717) is 22.8 Å². The van der Waals surface area contributed by atoms with Crippen molar-refractivity contribution in [3.63, 3.8) is 0 Å². The Morgan fingerprint density at radius 3 is 2.33 bits per heavy atom. The zero-order chi connectivity index (χ0) is 13.3. The number of nitro groups is 2. The molecule has 0 fully saturated rings. The number of hydrogen-bond donors (Lipinski definition) is 0. The normalized spacial score (nSPS) is 10.5. The van der Waals surface area contributed by atoms with Gasteiger partial charge >= 0.3 is 11.4 Å². The van der Waals surface area contributed by atoms with Gasteiger partial charge in [-0.3, -0.25) is 20.2 Å². The molecule has 0 aliphatic heterocycles. The molecule has 0 aliphatic carbocycles. The molecule has 2 aromatic carbocycles. The standard InChI is InChI=1S/C12H10N2O4/c1-2-9-10-6-4-3-5-8(10)7-11(13(15)16)12(9)14(17)18/h3-7H,2H2,1H3. The lowest BCUT2D eigenvalue weighted by Gasteiger charge is -2.06. The number of rotatable bonds is 3. The molecule has 92 valence electrons. The second-order valence-electron chi connectivity index (χ2n) is 3.81. The fraction of sp³-hybridized carbons (Fsp3) is 0.167. The zero-order valence-electron chi connectivity index (χ0n) is 9.62. The lowest BCUT2D eigenvalue weighted by Crippen LogP contribution is -2.01. The molecular formula is C12H10N2O4. The first-order valence-electron chi connectivity index (χ1n) is 5.39. The average molecular weight is 246 g/mol. The highest BCUT2D eigenvalue weighted by atomic mass is 16.6. The van der Waals surface area contributed by atoms with Gasteiger partial charge in [0.1, 0.15) is 0 Å². The molecule has 0 amide bonds. The molecule has 0 radical (unpaired) electrons. The molecule has 0 spiro atoms. The minimum Gasteiger partial charge on any atom is -0.258 e. The maximum Gasteiger partial charge on any atom is 0.349 e. The number of fused-ring (bicyclic) bond motifs is 1. The fourth-order valence-electron chi connectivity index (χ4n) is 2.10. The van der Waals surface area contributed by atoms with Crippen LogP contribution in [0.25, 0.3) is 10.8 Å². The summed E-state index contributed by atoms with van der Waals surface area (Å²) in [4.78, 5) is 20.6. The maximum absolute atomic E-state index is 11.1. The highest BCUT2D eigenvalue weighted by Crippen LogP contribution is 2.37. The van der Waals surface area contributed by atoms with E-state index in [1.54, 1.807) is 31.2 Å². The van der Waals surface area contributed by atoms with Gasteiger partial charge in [-0.15, -0.1) is 0 Å². The summed E-state index contributed by atoms with van der Waals surface area (Å²) in [5, 5.41) is 23.3. The summed E-state index contributed by atoms with van der Waals surface area (Å²) in [7, 11) is 0. The third kappa shape index (κ3) is 1.77. The van der Waals surface area contributed by atoms with Crippen LogP contribution in [-0.2, 0) is 6.42 Å². The van der Waals surface area contributed by atoms with Crippen LogP contribution in [0, 0.1) is 20.2 Å². The molecule has 0 bridgehead atoms. The van der Waals surface area contributed by atoms with Crippen molar-refractivity contribution in [3.8, 4) is 0 Å². The first-order chi connectivity index (χ1) is 8.56. The smallest absolute Gasteiger partial charge is 0.258 e. The van der Waals surface area contributed by atoms with Crippen molar-refractivity contribution in [2.24, 2.45) is 0 Å². The molecule has 2 aromatic rings. The molecule has 6 nitrogen and oxygen atoms in total. The Morgan fingerprint density at radius 1 is 1.11 bits per heavy atom. The van der Waals surface area contributed by atoms with Crippen LogP contribution in [0.3, 0.4) is 0 Å². The third-order valence-electron chi connectivity index (χ3n) is 2.84. The molecule has 2 rings (SSSR count). The molecule has 0 aliphatic rings. The molecular weight excluding hydrogens is 236 g/mol. The van der Waals surface area contributed by atoms with Gasteiger partial charge in [-0.05, 0) is 17.2 Å². The molecule has 0 heterocycles. The van der Waals surface area contributed by atoms with E-state index in [4.69, 9.17) is 0 Å². The third-order valence-corrected chi connectivity index (χ3v) is 2.84. The first kappa shape index (κ1) is 12.0. The Hall–Kier alpha value is -2.50.